The van der Waals surface area contributed by atoms with Crippen LogP contribution in [-0.2, 0) is 21.3 Å². The van der Waals surface area contributed by atoms with Crippen molar-refractivity contribution in [2.75, 3.05) is 12.4 Å². The summed E-state index contributed by atoms with van der Waals surface area (Å²) in [4.78, 5) is 4.16. The number of aromatic nitrogens is 3. The average Bonchev–Trinajstić information content (AvgIpc) is 2.88. The van der Waals surface area contributed by atoms with E-state index in [1.807, 2.05) is 0 Å². The van der Waals surface area contributed by atoms with Crippen LogP contribution in [0, 0.1) is 0 Å². The Balaban J connectivity index is 1.65. The van der Waals surface area contributed by atoms with Crippen molar-refractivity contribution in [3.05, 3.63) is 12.2 Å². The van der Waals surface area contributed by atoms with E-state index in [0.717, 1.165) is 38.6 Å². The van der Waals surface area contributed by atoms with E-state index in [1.165, 1.54) is 6.33 Å². The molecule has 1 saturated heterocycles. The van der Waals surface area contributed by atoms with Crippen LogP contribution in [-0.4, -0.2) is 41.6 Å². The lowest BCUT2D eigenvalue weighted by Crippen LogP contribution is -2.39. The van der Waals surface area contributed by atoms with Crippen molar-refractivity contribution in [2.24, 2.45) is 0 Å². The zero-order valence-corrected chi connectivity index (χ0v) is 12.2. The molecule has 20 heavy (non-hydrogen) atoms. The van der Waals surface area contributed by atoms with Crippen LogP contribution >= 0.6 is 0 Å². The van der Waals surface area contributed by atoms with Gasteiger partial charge in [0.05, 0.1) is 17.9 Å². The summed E-state index contributed by atoms with van der Waals surface area (Å²) in [6, 6.07) is -0.264. The summed E-state index contributed by atoms with van der Waals surface area (Å²) < 4.78 is 34.5. The predicted octanol–water partition coefficient (Wildman–Crippen LogP) is 0.601. The van der Waals surface area contributed by atoms with Crippen LogP contribution < -0.4 is 4.72 Å². The summed E-state index contributed by atoms with van der Waals surface area (Å²) in [5.41, 5.74) is 0. The number of nitrogens with one attached hydrogen (secondary N) is 1. The van der Waals surface area contributed by atoms with Gasteiger partial charge in [-0.1, -0.05) is 0 Å². The highest BCUT2D eigenvalue weighted by atomic mass is 32.2. The minimum atomic E-state index is -3.36. The fourth-order valence-corrected chi connectivity index (χ4v) is 4.35. The van der Waals surface area contributed by atoms with E-state index in [1.54, 1.807) is 4.68 Å². The molecule has 1 aromatic rings. The molecule has 0 spiro atoms. The molecule has 2 atom stereocenters. The summed E-state index contributed by atoms with van der Waals surface area (Å²) in [5.74, 6) is 0.752. The molecule has 1 aromatic heterocycles. The molecule has 2 aliphatic heterocycles. The molecule has 8 heteroatoms. The number of fused-ring (bicyclic) bond motifs is 1. The molecule has 1 fully saturated rings. The molecule has 112 valence electrons. The summed E-state index contributed by atoms with van der Waals surface area (Å²) in [6.45, 7) is 1.47. The standard InChI is InChI=1S/C12H20N4O3S/c17-20(18,8-10-4-1-2-7-19-10)15-11-5-3-6-16-12(11)13-9-14-16/h9-11,15H,1-8H2/t10-,11-/m1/s1. The fraction of sp³-hybridized carbons (Fsp3) is 0.833. The number of hydrogen-bond donors (Lipinski definition) is 1. The zero-order valence-electron chi connectivity index (χ0n) is 11.4. The Morgan fingerprint density at radius 3 is 3.05 bits per heavy atom. The van der Waals surface area contributed by atoms with Gasteiger partial charge >= 0.3 is 0 Å². The predicted molar refractivity (Wildman–Crippen MR) is 72.5 cm³/mol. The first-order chi connectivity index (χ1) is 9.64. The number of ether oxygens (including phenoxy) is 1. The van der Waals surface area contributed by atoms with Gasteiger partial charge in [0.15, 0.2) is 0 Å². The van der Waals surface area contributed by atoms with E-state index < -0.39 is 10.0 Å². The molecular weight excluding hydrogens is 280 g/mol. The molecule has 3 rings (SSSR count). The Morgan fingerprint density at radius 1 is 1.35 bits per heavy atom. The molecule has 0 saturated carbocycles. The third-order valence-electron chi connectivity index (χ3n) is 3.82. The molecule has 0 unspecified atom stereocenters. The molecule has 2 aliphatic rings. The zero-order chi connectivity index (χ0) is 14.0. The Hall–Kier alpha value is -0.990. The maximum Gasteiger partial charge on any atom is 0.214 e. The van der Waals surface area contributed by atoms with Crippen LogP contribution in [0.15, 0.2) is 6.33 Å². The Labute approximate surface area is 118 Å². The maximum atomic E-state index is 12.3. The summed E-state index contributed by atoms with van der Waals surface area (Å²) in [5, 5.41) is 4.10. The number of aryl methyl sites for hydroxylation is 1. The van der Waals surface area contributed by atoms with Crippen LogP contribution in [0.2, 0.25) is 0 Å². The molecule has 0 amide bonds. The summed E-state index contributed by atoms with van der Waals surface area (Å²) in [6.07, 6.45) is 5.86. The highest BCUT2D eigenvalue weighted by molar-refractivity contribution is 7.89. The monoisotopic (exact) mass is 300 g/mol. The third kappa shape index (κ3) is 3.18. The van der Waals surface area contributed by atoms with Gasteiger partial charge < -0.3 is 4.74 Å². The van der Waals surface area contributed by atoms with Crippen LogP contribution in [0.25, 0.3) is 0 Å². The summed E-state index contributed by atoms with van der Waals surface area (Å²) in [7, 11) is -3.36. The lowest BCUT2D eigenvalue weighted by molar-refractivity contribution is 0.0303. The highest BCUT2D eigenvalue weighted by Crippen LogP contribution is 2.23. The second kappa shape index (κ2) is 5.79. The third-order valence-corrected chi connectivity index (χ3v) is 5.28. The Morgan fingerprint density at radius 2 is 2.25 bits per heavy atom. The van der Waals surface area contributed by atoms with Crippen LogP contribution in [0.1, 0.15) is 44.0 Å². The van der Waals surface area contributed by atoms with Crippen LogP contribution in [0.5, 0.6) is 0 Å². The second-order valence-electron chi connectivity index (χ2n) is 5.42. The topological polar surface area (TPSA) is 86.1 Å². The number of nitrogens with zero attached hydrogens (tertiary/aromatic N) is 3. The Bertz CT molecular complexity index is 551. The van der Waals surface area contributed by atoms with Crippen molar-refractivity contribution < 1.29 is 13.2 Å². The van der Waals surface area contributed by atoms with Crippen LogP contribution in [0.4, 0.5) is 0 Å². The van der Waals surface area contributed by atoms with Crippen molar-refractivity contribution in [3.63, 3.8) is 0 Å². The molecule has 7 nitrogen and oxygen atoms in total. The number of hydrogen-bond acceptors (Lipinski definition) is 5. The molecular formula is C12H20N4O3S. The van der Waals surface area contributed by atoms with E-state index in [-0.39, 0.29) is 17.9 Å². The first-order valence-corrected chi connectivity index (χ1v) is 8.78. The van der Waals surface area contributed by atoms with Gasteiger partial charge in [0.25, 0.3) is 0 Å². The van der Waals surface area contributed by atoms with Gasteiger partial charge in [-0.15, -0.1) is 0 Å². The van der Waals surface area contributed by atoms with Crippen molar-refractivity contribution >= 4 is 10.0 Å². The largest absolute Gasteiger partial charge is 0.377 e. The van der Waals surface area contributed by atoms with Crippen molar-refractivity contribution in [3.8, 4) is 0 Å². The molecule has 0 radical (unpaired) electrons. The van der Waals surface area contributed by atoms with E-state index in [4.69, 9.17) is 4.74 Å². The molecule has 0 aliphatic carbocycles. The van der Waals surface area contributed by atoms with E-state index in [9.17, 15) is 8.42 Å². The molecule has 0 bridgehead atoms. The maximum absolute atomic E-state index is 12.3. The molecule has 1 N–H and O–H groups in total. The lowest BCUT2D eigenvalue weighted by atomic mass is 10.1. The van der Waals surface area contributed by atoms with Gasteiger partial charge in [-0.25, -0.2) is 22.8 Å². The van der Waals surface area contributed by atoms with Gasteiger partial charge in [-0.2, -0.15) is 5.10 Å². The van der Waals surface area contributed by atoms with Gasteiger partial charge in [0.1, 0.15) is 12.2 Å². The van der Waals surface area contributed by atoms with Gasteiger partial charge in [-0.05, 0) is 32.1 Å². The average molecular weight is 300 g/mol. The summed E-state index contributed by atoms with van der Waals surface area (Å²) >= 11 is 0. The van der Waals surface area contributed by atoms with Gasteiger partial charge in [0, 0.05) is 13.2 Å². The SMILES string of the molecule is O=S(=O)(C[C@H]1CCCCO1)N[C@@H]1CCCn2ncnc21. The fourth-order valence-electron chi connectivity index (χ4n) is 2.85. The first kappa shape index (κ1) is 14.0. The van der Waals surface area contributed by atoms with E-state index in [0.29, 0.717) is 12.4 Å². The van der Waals surface area contributed by atoms with Crippen LogP contribution in [0.3, 0.4) is 0 Å². The number of rotatable bonds is 4. The van der Waals surface area contributed by atoms with Gasteiger partial charge in [0.2, 0.25) is 10.0 Å². The number of sulfonamides is 1. The minimum Gasteiger partial charge on any atom is -0.377 e. The normalized spacial score (nSPS) is 27.2. The van der Waals surface area contributed by atoms with E-state index >= 15 is 0 Å². The first-order valence-electron chi connectivity index (χ1n) is 7.13. The smallest absolute Gasteiger partial charge is 0.214 e. The van der Waals surface area contributed by atoms with E-state index in [2.05, 4.69) is 14.8 Å². The minimum absolute atomic E-state index is 0.0393. The quantitative estimate of drug-likeness (QED) is 0.880. The van der Waals surface area contributed by atoms with Gasteiger partial charge in [-0.3, -0.25) is 0 Å². The van der Waals surface area contributed by atoms with Crippen molar-refractivity contribution in [2.45, 2.75) is 50.8 Å². The van der Waals surface area contributed by atoms with Crippen molar-refractivity contribution in [1.82, 2.24) is 19.5 Å². The highest BCUT2D eigenvalue weighted by Gasteiger charge is 2.29. The Kier molecular flexibility index (Phi) is 4.04. The molecule has 3 heterocycles. The molecule has 0 aromatic carbocycles. The van der Waals surface area contributed by atoms with Crippen molar-refractivity contribution in [1.29, 1.82) is 0 Å². The lowest BCUT2D eigenvalue weighted by Gasteiger charge is -2.26. The second-order valence-corrected chi connectivity index (χ2v) is 7.22.